The molecule has 0 saturated carbocycles. The summed E-state index contributed by atoms with van der Waals surface area (Å²) in [5.74, 6) is -0.0275. The second-order valence-electron chi connectivity index (χ2n) is 5.40. The van der Waals surface area contributed by atoms with E-state index in [4.69, 9.17) is 11.5 Å². The average Bonchev–Trinajstić information content (AvgIpc) is 2.49. The number of primary amides is 1. The number of nitrogens with zero attached hydrogens (tertiary/aromatic N) is 1. The van der Waals surface area contributed by atoms with Crippen molar-refractivity contribution < 1.29 is 9.59 Å². The molecule has 1 aromatic carbocycles. The number of carbonyl (C=O) groups is 2. The standard InChI is InChI=1S/C16H25N3O2/c1-13(11-17)7-8-16(21)19(10-9-15(18)20)12-14-5-3-2-4-6-14/h2-6,13H,7-12,17H2,1H3,(H2,18,20). The lowest BCUT2D eigenvalue weighted by molar-refractivity contribution is -0.132. The fraction of sp³-hybridized carbons (Fsp3) is 0.500. The predicted octanol–water partition coefficient (Wildman–Crippen LogP) is 1.27. The first-order valence-corrected chi connectivity index (χ1v) is 7.33. The molecule has 0 saturated heterocycles. The van der Waals surface area contributed by atoms with Gasteiger partial charge in [-0.1, -0.05) is 37.3 Å². The van der Waals surface area contributed by atoms with Gasteiger partial charge in [0.15, 0.2) is 0 Å². The number of amides is 2. The van der Waals surface area contributed by atoms with Crippen LogP contribution in [0.4, 0.5) is 0 Å². The van der Waals surface area contributed by atoms with Crippen LogP contribution in [0.3, 0.4) is 0 Å². The summed E-state index contributed by atoms with van der Waals surface area (Å²) in [4.78, 5) is 25.0. The maximum absolute atomic E-state index is 12.3. The van der Waals surface area contributed by atoms with Crippen molar-refractivity contribution in [1.82, 2.24) is 4.90 Å². The van der Waals surface area contributed by atoms with E-state index in [9.17, 15) is 9.59 Å². The molecule has 5 nitrogen and oxygen atoms in total. The molecule has 1 atom stereocenters. The van der Waals surface area contributed by atoms with Crippen molar-refractivity contribution in [2.24, 2.45) is 17.4 Å². The molecule has 0 spiro atoms. The molecule has 0 aliphatic heterocycles. The van der Waals surface area contributed by atoms with Gasteiger partial charge in [0.25, 0.3) is 0 Å². The predicted molar refractivity (Wildman–Crippen MR) is 83.1 cm³/mol. The zero-order valence-electron chi connectivity index (χ0n) is 12.6. The number of hydrogen-bond donors (Lipinski definition) is 2. The van der Waals surface area contributed by atoms with Gasteiger partial charge < -0.3 is 16.4 Å². The summed E-state index contributed by atoms with van der Waals surface area (Å²) in [7, 11) is 0. The molecule has 1 aromatic rings. The van der Waals surface area contributed by atoms with Gasteiger partial charge in [-0.2, -0.15) is 0 Å². The van der Waals surface area contributed by atoms with Gasteiger partial charge in [0, 0.05) is 25.9 Å². The van der Waals surface area contributed by atoms with Crippen LogP contribution in [-0.4, -0.2) is 29.8 Å². The highest BCUT2D eigenvalue weighted by atomic mass is 16.2. The molecule has 1 unspecified atom stereocenters. The number of benzene rings is 1. The summed E-state index contributed by atoms with van der Waals surface area (Å²) in [6.45, 7) is 3.47. The lowest BCUT2D eigenvalue weighted by Crippen LogP contribution is -2.34. The van der Waals surface area contributed by atoms with Crippen LogP contribution in [0.15, 0.2) is 30.3 Å². The van der Waals surface area contributed by atoms with Crippen LogP contribution in [0.2, 0.25) is 0 Å². The average molecular weight is 291 g/mol. The fourth-order valence-electron chi connectivity index (χ4n) is 1.99. The van der Waals surface area contributed by atoms with Crippen LogP contribution in [0.1, 0.15) is 31.7 Å². The lowest BCUT2D eigenvalue weighted by Gasteiger charge is -2.23. The molecule has 4 N–H and O–H groups in total. The molecule has 116 valence electrons. The summed E-state index contributed by atoms with van der Waals surface area (Å²) >= 11 is 0. The minimum absolute atomic E-state index is 0.0420. The highest BCUT2D eigenvalue weighted by molar-refractivity contribution is 5.78. The molecule has 0 fully saturated rings. The number of rotatable bonds is 9. The SMILES string of the molecule is CC(CN)CCC(=O)N(CCC(N)=O)Cc1ccccc1. The first-order valence-electron chi connectivity index (χ1n) is 7.33. The Bertz CT molecular complexity index is 448. The Balaban J connectivity index is 2.62. The molecule has 2 amide bonds. The third kappa shape index (κ3) is 6.90. The molecular formula is C16H25N3O2. The van der Waals surface area contributed by atoms with Gasteiger partial charge in [-0.3, -0.25) is 9.59 Å². The molecule has 0 aliphatic rings. The van der Waals surface area contributed by atoms with E-state index in [1.54, 1.807) is 4.90 Å². The Hall–Kier alpha value is -1.88. The first kappa shape index (κ1) is 17.2. The highest BCUT2D eigenvalue weighted by Gasteiger charge is 2.15. The van der Waals surface area contributed by atoms with E-state index in [0.717, 1.165) is 12.0 Å². The van der Waals surface area contributed by atoms with Gasteiger partial charge in [-0.05, 0) is 24.4 Å². The highest BCUT2D eigenvalue weighted by Crippen LogP contribution is 2.10. The van der Waals surface area contributed by atoms with E-state index in [-0.39, 0.29) is 12.3 Å². The zero-order valence-corrected chi connectivity index (χ0v) is 12.6. The van der Waals surface area contributed by atoms with Crippen LogP contribution >= 0.6 is 0 Å². The first-order chi connectivity index (χ1) is 10.0. The maximum Gasteiger partial charge on any atom is 0.222 e. The maximum atomic E-state index is 12.3. The molecule has 0 radical (unpaired) electrons. The quantitative estimate of drug-likeness (QED) is 0.718. The van der Waals surface area contributed by atoms with Gasteiger partial charge in [0.1, 0.15) is 0 Å². The number of carbonyl (C=O) groups excluding carboxylic acids is 2. The van der Waals surface area contributed by atoms with Gasteiger partial charge in [0.05, 0.1) is 0 Å². The van der Waals surface area contributed by atoms with Crippen molar-refractivity contribution in [2.75, 3.05) is 13.1 Å². The Kier molecular flexibility index (Phi) is 7.46. The smallest absolute Gasteiger partial charge is 0.222 e. The zero-order chi connectivity index (χ0) is 15.7. The van der Waals surface area contributed by atoms with Gasteiger partial charge in [0.2, 0.25) is 11.8 Å². The minimum Gasteiger partial charge on any atom is -0.370 e. The molecule has 0 aliphatic carbocycles. The van der Waals surface area contributed by atoms with Gasteiger partial charge >= 0.3 is 0 Å². The number of nitrogens with two attached hydrogens (primary N) is 2. The third-order valence-electron chi connectivity index (χ3n) is 3.45. The van der Waals surface area contributed by atoms with Crippen LogP contribution in [0.5, 0.6) is 0 Å². The Morgan fingerprint density at radius 1 is 1.19 bits per heavy atom. The van der Waals surface area contributed by atoms with E-state index in [1.807, 2.05) is 37.3 Å². The molecule has 5 heteroatoms. The summed E-state index contributed by atoms with van der Waals surface area (Å²) in [5.41, 5.74) is 11.8. The van der Waals surface area contributed by atoms with Crippen LogP contribution in [0.25, 0.3) is 0 Å². The summed E-state index contributed by atoms with van der Waals surface area (Å²) in [6.07, 6.45) is 1.40. The number of hydrogen-bond acceptors (Lipinski definition) is 3. The van der Waals surface area contributed by atoms with E-state index in [0.29, 0.717) is 32.0 Å². The van der Waals surface area contributed by atoms with Crippen molar-refractivity contribution in [3.8, 4) is 0 Å². The molecule has 0 aromatic heterocycles. The Labute approximate surface area is 126 Å². The monoisotopic (exact) mass is 291 g/mol. The van der Waals surface area contributed by atoms with Gasteiger partial charge in [-0.25, -0.2) is 0 Å². The molecule has 21 heavy (non-hydrogen) atoms. The summed E-state index contributed by atoms with van der Waals surface area (Å²) in [6, 6.07) is 9.73. The van der Waals surface area contributed by atoms with Crippen molar-refractivity contribution in [3.63, 3.8) is 0 Å². The second-order valence-corrected chi connectivity index (χ2v) is 5.40. The van der Waals surface area contributed by atoms with Crippen molar-refractivity contribution in [2.45, 2.75) is 32.7 Å². The topological polar surface area (TPSA) is 89.4 Å². The molecule has 1 rings (SSSR count). The fourth-order valence-corrected chi connectivity index (χ4v) is 1.99. The van der Waals surface area contributed by atoms with Crippen LogP contribution < -0.4 is 11.5 Å². The minimum atomic E-state index is -0.392. The van der Waals surface area contributed by atoms with Crippen molar-refractivity contribution in [3.05, 3.63) is 35.9 Å². The Morgan fingerprint density at radius 3 is 2.43 bits per heavy atom. The normalized spacial score (nSPS) is 11.9. The van der Waals surface area contributed by atoms with E-state index >= 15 is 0 Å². The summed E-state index contributed by atoms with van der Waals surface area (Å²) in [5, 5.41) is 0. The van der Waals surface area contributed by atoms with Crippen LogP contribution in [-0.2, 0) is 16.1 Å². The van der Waals surface area contributed by atoms with Gasteiger partial charge in [-0.15, -0.1) is 0 Å². The van der Waals surface area contributed by atoms with Crippen molar-refractivity contribution in [1.29, 1.82) is 0 Å². The summed E-state index contributed by atoms with van der Waals surface area (Å²) < 4.78 is 0. The largest absolute Gasteiger partial charge is 0.370 e. The van der Waals surface area contributed by atoms with E-state index in [1.165, 1.54) is 0 Å². The lowest BCUT2D eigenvalue weighted by atomic mass is 10.1. The second kappa shape index (κ2) is 9.13. The molecular weight excluding hydrogens is 266 g/mol. The molecule has 0 bridgehead atoms. The Morgan fingerprint density at radius 2 is 1.86 bits per heavy atom. The van der Waals surface area contributed by atoms with Crippen LogP contribution in [0, 0.1) is 5.92 Å². The van der Waals surface area contributed by atoms with E-state index < -0.39 is 5.91 Å². The third-order valence-corrected chi connectivity index (χ3v) is 3.45. The molecule has 0 heterocycles. The van der Waals surface area contributed by atoms with Crippen molar-refractivity contribution >= 4 is 11.8 Å². The van der Waals surface area contributed by atoms with E-state index in [2.05, 4.69) is 0 Å².